The Morgan fingerprint density at radius 1 is 1.62 bits per heavy atom. The Morgan fingerprint density at radius 2 is 2.38 bits per heavy atom. The lowest BCUT2D eigenvalue weighted by Gasteiger charge is -2.15. The normalized spacial score (nSPS) is 20.9. The van der Waals surface area contributed by atoms with E-state index >= 15 is 0 Å². The van der Waals surface area contributed by atoms with Crippen LogP contribution in [0.2, 0.25) is 0 Å². The van der Waals surface area contributed by atoms with Crippen LogP contribution in [0.15, 0.2) is 15.9 Å². The number of hydrogen-bond acceptors (Lipinski definition) is 3. The van der Waals surface area contributed by atoms with Crippen LogP contribution in [-0.2, 0) is 0 Å². The first-order valence-electron chi connectivity index (χ1n) is 5.10. The van der Waals surface area contributed by atoms with Crippen LogP contribution in [0.3, 0.4) is 0 Å². The Kier molecular flexibility index (Phi) is 3.51. The fraction of sp³-hybridized carbons (Fsp3) is 0.500. The first-order chi connectivity index (χ1) is 7.63. The molecular formula is C10H14BrN3OS. The minimum Gasteiger partial charge on any atom is -0.329 e. The number of thiophene rings is 1. The summed E-state index contributed by atoms with van der Waals surface area (Å²) in [5.74, 6) is 0. The van der Waals surface area contributed by atoms with Gasteiger partial charge in [0.15, 0.2) is 0 Å². The van der Waals surface area contributed by atoms with Crippen molar-refractivity contribution in [3.8, 4) is 0 Å². The number of hydrogen-bond donors (Lipinski definition) is 1. The maximum atomic E-state index is 11.9. The van der Waals surface area contributed by atoms with E-state index in [1.165, 1.54) is 4.88 Å². The van der Waals surface area contributed by atoms with E-state index in [-0.39, 0.29) is 12.1 Å². The second-order valence-corrected chi connectivity index (χ2v) is 6.28. The molecule has 2 N–H and O–H groups in total. The number of nitrogens with zero attached hydrogens (tertiary/aromatic N) is 2. The quantitative estimate of drug-likeness (QED) is 0.927. The summed E-state index contributed by atoms with van der Waals surface area (Å²) in [5.41, 5.74) is 5.49. The standard InChI is InChI=1S/C10H14BrN3OS/c1-13-7(8-2-3-9(11)16-8)6-14(5-4-12)10(13)15/h2-3,7H,4-6,12H2,1H3. The first kappa shape index (κ1) is 11.9. The molecule has 1 aromatic rings. The van der Waals surface area contributed by atoms with Gasteiger partial charge in [-0.3, -0.25) is 0 Å². The van der Waals surface area contributed by atoms with Crippen molar-refractivity contribution in [3.63, 3.8) is 0 Å². The Balaban J connectivity index is 2.15. The summed E-state index contributed by atoms with van der Waals surface area (Å²) in [6, 6.07) is 4.31. The summed E-state index contributed by atoms with van der Waals surface area (Å²) >= 11 is 5.12. The molecule has 0 saturated carbocycles. The Hall–Kier alpha value is -0.590. The van der Waals surface area contributed by atoms with E-state index in [1.807, 2.05) is 13.1 Å². The predicted molar refractivity (Wildman–Crippen MR) is 68.5 cm³/mol. The van der Waals surface area contributed by atoms with Crippen LogP contribution in [0, 0.1) is 0 Å². The average molecular weight is 304 g/mol. The summed E-state index contributed by atoms with van der Waals surface area (Å²) in [6.45, 7) is 1.88. The predicted octanol–water partition coefficient (Wildman–Crippen LogP) is 1.88. The lowest BCUT2D eigenvalue weighted by molar-refractivity contribution is 0.196. The van der Waals surface area contributed by atoms with Gasteiger partial charge in [0.1, 0.15) is 0 Å². The number of carbonyl (C=O) groups is 1. The zero-order valence-corrected chi connectivity index (χ0v) is 11.4. The molecule has 0 radical (unpaired) electrons. The summed E-state index contributed by atoms with van der Waals surface area (Å²) in [5, 5.41) is 0. The number of likely N-dealkylation sites (N-methyl/N-ethyl adjacent to an activating group) is 1. The van der Waals surface area contributed by atoms with Gasteiger partial charge in [0.2, 0.25) is 0 Å². The molecule has 88 valence electrons. The summed E-state index contributed by atoms with van der Waals surface area (Å²) in [4.78, 5) is 16.7. The number of amides is 2. The molecule has 1 aliphatic heterocycles. The third-order valence-electron chi connectivity index (χ3n) is 2.75. The van der Waals surface area contributed by atoms with Crippen LogP contribution in [0.5, 0.6) is 0 Å². The van der Waals surface area contributed by atoms with Gasteiger partial charge in [-0.05, 0) is 28.1 Å². The molecule has 0 aromatic carbocycles. The number of urea groups is 1. The second kappa shape index (κ2) is 4.73. The molecule has 1 aliphatic rings. The van der Waals surface area contributed by atoms with E-state index in [9.17, 15) is 4.79 Å². The van der Waals surface area contributed by atoms with Crippen LogP contribution in [0.1, 0.15) is 10.9 Å². The number of nitrogens with two attached hydrogens (primary N) is 1. The number of carbonyl (C=O) groups excluding carboxylic acids is 1. The van der Waals surface area contributed by atoms with Crippen LogP contribution in [-0.4, -0.2) is 42.5 Å². The molecule has 2 heterocycles. The molecule has 1 unspecified atom stereocenters. The van der Waals surface area contributed by atoms with Crippen LogP contribution < -0.4 is 5.73 Å². The van der Waals surface area contributed by atoms with E-state index in [0.29, 0.717) is 13.1 Å². The van der Waals surface area contributed by atoms with Crippen molar-refractivity contribution in [3.05, 3.63) is 20.8 Å². The first-order valence-corrected chi connectivity index (χ1v) is 6.71. The van der Waals surface area contributed by atoms with Gasteiger partial charge >= 0.3 is 6.03 Å². The molecule has 4 nitrogen and oxygen atoms in total. The molecule has 0 aliphatic carbocycles. The van der Waals surface area contributed by atoms with Gasteiger partial charge in [-0.15, -0.1) is 11.3 Å². The zero-order chi connectivity index (χ0) is 11.7. The smallest absolute Gasteiger partial charge is 0.320 e. The molecule has 1 fully saturated rings. The fourth-order valence-electron chi connectivity index (χ4n) is 1.90. The van der Waals surface area contributed by atoms with Crippen molar-refractivity contribution in [1.82, 2.24) is 9.80 Å². The topological polar surface area (TPSA) is 49.6 Å². The zero-order valence-electron chi connectivity index (χ0n) is 9.02. The Morgan fingerprint density at radius 3 is 2.94 bits per heavy atom. The third-order valence-corrected chi connectivity index (χ3v) is 4.48. The van der Waals surface area contributed by atoms with Gasteiger partial charge in [0.25, 0.3) is 0 Å². The lowest BCUT2D eigenvalue weighted by atomic mass is 10.2. The second-order valence-electron chi connectivity index (χ2n) is 3.79. The molecule has 6 heteroatoms. The van der Waals surface area contributed by atoms with Crippen LogP contribution in [0.25, 0.3) is 0 Å². The van der Waals surface area contributed by atoms with Gasteiger partial charge < -0.3 is 15.5 Å². The van der Waals surface area contributed by atoms with Gasteiger partial charge in [0, 0.05) is 31.6 Å². The van der Waals surface area contributed by atoms with Crippen molar-refractivity contribution in [2.24, 2.45) is 5.73 Å². The number of rotatable bonds is 3. The molecule has 2 amide bonds. The number of halogens is 1. The molecule has 1 atom stereocenters. The maximum absolute atomic E-state index is 11.9. The summed E-state index contributed by atoms with van der Waals surface area (Å²) in [6.07, 6.45) is 0. The molecular weight excluding hydrogens is 290 g/mol. The Labute approximate surface area is 107 Å². The Bertz CT molecular complexity index is 395. The summed E-state index contributed by atoms with van der Waals surface area (Å²) < 4.78 is 1.10. The van der Waals surface area contributed by atoms with E-state index in [4.69, 9.17) is 5.73 Å². The van der Waals surface area contributed by atoms with E-state index in [1.54, 1.807) is 21.1 Å². The van der Waals surface area contributed by atoms with Gasteiger partial charge in [-0.25, -0.2) is 4.79 Å². The van der Waals surface area contributed by atoms with Gasteiger partial charge in [-0.2, -0.15) is 0 Å². The van der Waals surface area contributed by atoms with Crippen molar-refractivity contribution in [2.75, 3.05) is 26.7 Å². The average Bonchev–Trinajstić information content (AvgIpc) is 2.78. The monoisotopic (exact) mass is 303 g/mol. The molecule has 0 spiro atoms. The lowest BCUT2D eigenvalue weighted by Crippen LogP contribution is -2.33. The minimum absolute atomic E-state index is 0.0694. The highest BCUT2D eigenvalue weighted by atomic mass is 79.9. The van der Waals surface area contributed by atoms with E-state index in [0.717, 1.165) is 10.3 Å². The van der Waals surface area contributed by atoms with Crippen molar-refractivity contribution in [2.45, 2.75) is 6.04 Å². The van der Waals surface area contributed by atoms with Crippen LogP contribution >= 0.6 is 27.3 Å². The SMILES string of the molecule is CN1C(=O)N(CCN)CC1c1ccc(Br)s1. The molecule has 16 heavy (non-hydrogen) atoms. The molecule has 0 bridgehead atoms. The van der Waals surface area contributed by atoms with Crippen LogP contribution in [0.4, 0.5) is 4.79 Å². The summed E-state index contributed by atoms with van der Waals surface area (Å²) in [7, 11) is 1.84. The largest absolute Gasteiger partial charge is 0.329 e. The molecule has 2 rings (SSSR count). The highest BCUT2D eigenvalue weighted by molar-refractivity contribution is 9.11. The van der Waals surface area contributed by atoms with Crippen molar-refractivity contribution in [1.29, 1.82) is 0 Å². The third kappa shape index (κ3) is 2.09. The highest BCUT2D eigenvalue weighted by Gasteiger charge is 2.35. The highest BCUT2D eigenvalue weighted by Crippen LogP contribution is 2.34. The van der Waals surface area contributed by atoms with Crippen molar-refractivity contribution < 1.29 is 4.79 Å². The minimum atomic E-state index is 0.0694. The molecule has 1 saturated heterocycles. The van der Waals surface area contributed by atoms with E-state index < -0.39 is 0 Å². The van der Waals surface area contributed by atoms with Crippen molar-refractivity contribution >= 4 is 33.3 Å². The van der Waals surface area contributed by atoms with Gasteiger partial charge in [-0.1, -0.05) is 0 Å². The van der Waals surface area contributed by atoms with E-state index in [2.05, 4.69) is 22.0 Å². The molecule has 1 aromatic heterocycles. The van der Waals surface area contributed by atoms with Gasteiger partial charge in [0.05, 0.1) is 9.83 Å². The maximum Gasteiger partial charge on any atom is 0.320 e. The fourth-order valence-corrected chi connectivity index (χ4v) is 3.46.